The minimum absolute atomic E-state index is 0.622. The molecule has 0 saturated carbocycles. The van der Waals surface area contributed by atoms with Crippen LogP contribution >= 0.6 is 11.3 Å². The van der Waals surface area contributed by atoms with Crippen LogP contribution in [0.2, 0.25) is 0 Å². The summed E-state index contributed by atoms with van der Waals surface area (Å²) in [5, 5.41) is 10.5. The minimum Gasteiger partial charge on any atom is -0.342 e. The van der Waals surface area contributed by atoms with E-state index in [0.717, 1.165) is 28.9 Å². The minimum atomic E-state index is 0.622. The highest BCUT2D eigenvalue weighted by Crippen LogP contribution is 2.31. The van der Waals surface area contributed by atoms with Gasteiger partial charge in [-0.2, -0.15) is 0 Å². The van der Waals surface area contributed by atoms with Gasteiger partial charge >= 0.3 is 0 Å². The molecule has 5 heterocycles. The highest BCUT2D eigenvalue weighted by atomic mass is 32.1. The second-order valence-electron chi connectivity index (χ2n) is 5.25. The van der Waals surface area contributed by atoms with Crippen LogP contribution in [-0.2, 0) is 0 Å². The molecule has 0 aromatic carbocycles. The number of fused-ring (bicyclic) bond motifs is 4. The first-order chi connectivity index (χ1) is 9.90. The van der Waals surface area contributed by atoms with Crippen LogP contribution in [0.1, 0.15) is 12.8 Å². The van der Waals surface area contributed by atoms with Gasteiger partial charge in [0.05, 0.1) is 6.20 Å². The average Bonchev–Trinajstić information content (AvgIpc) is 2.81. The summed E-state index contributed by atoms with van der Waals surface area (Å²) in [6, 6.07) is 0.622. The molecular formula is C13H16N6S. The Morgan fingerprint density at radius 2 is 1.95 bits per heavy atom. The summed E-state index contributed by atoms with van der Waals surface area (Å²) < 4.78 is 0. The fraction of sp³-hybridized carbons (Fsp3) is 0.538. The lowest BCUT2D eigenvalue weighted by atomic mass is 10.1. The number of piperidine rings is 1. The van der Waals surface area contributed by atoms with Crippen LogP contribution in [0.15, 0.2) is 18.6 Å². The number of anilines is 1. The second kappa shape index (κ2) is 5.06. The summed E-state index contributed by atoms with van der Waals surface area (Å²) in [4.78, 5) is 13.4. The van der Waals surface area contributed by atoms with E-state index in [1.165, 1.54) is 25.9 Å². The summed E-state index contributed by atoms with van der Waals surface area (Å²) in [6.07, 6.45) is 7.58. The Hall–Kier alpha value is -1.60. The molecule has 0 amide bonds. The van der Waals surface area contributed by atoms with Crippen LogP contribution in [0.5, 0.6) is 0 Å². The fourth-order valence-electron chi connectivity index (χ4n) is 2.98. The zero-order valence-electron chi connectivity index (χ0n) is 11.1. The van der Waals surface area contributed by atoms with Crippen LogP contribution in [0.3, 0.4) is 0 Å². The SMILES string of the molecule is c1cnc(-c2nnc(N3CCN4CCC3CC4)s2)cn1. The first-order valence-corrected chi connectivity index (χ1v) is 7.81. The third-order valence-electron chi connectivity index (χ3n) is 4.10. The van der Waals surface area contributed by atoms with Gasteiger partial charge in [-0.05, 0) is 12.8 Å². The van der Waals surface area contributed by atoms with Crippen LogP contribution in [0.4, 0.5) is 5.13 Å². The maximum atomic E-state index is 4.38. The van der Waals surface area contributed by atoms with Gasteiger partial charge in [0, 0.05) is 44.6 Å². The molecule has 0 aliphatic carbocycles. The standard InChI is InChI=1S/C13H16N6S/c1-5-18-6-2-10(1)19(8-7-18)13-17-16-12(20-13)11-9-14-3-4-15-11/h3-4,9-10H,1-2,5-8H2. The number of aromatic nitrogens is 4. The zero-order chi connectivity index (χ0) is 13.4. The molecule has 7 heteroatoms. The molecule has 6 nitrogen and oxygen atoms in total. The highest BCUT2D eigenvalue weighted by Gasteiger charge is 2.30. The summed E-state index contributed by atoms with van der Waals surface area (Å²) in [5.41, 5.74) is 0.805. The molecule has 0 spiro atoms. The van der Waals surface area contributed by atoms with E-state index in [-0.39, 0.29) is 0 Å². The van der Waals surface area contributed by atoms with E-state index < -0.39 is 0 Å². The van der Waals surface area contributed by atoms with Crippen molar-refractivity contribution in [3.63, 3.8) is 0 Å². The van der Waals surface area contributed by atoms with Gasteiger partial charge in [-0.15, -0.1) is 10.2 Å². The second-order valence-corrected chi connectivity index (χ2v) is 6.20. The molecule has 0 unspecified atom stereocenters. The summed E-state index contributed by atoms with van der Waals surface area (Å²) in [6.45, 7) is 4.63. The maximum Gasteiger partial charge on any atom is 0.208 e. The van der Waals surface area contributed by atoms with Crippen LogP contribution in [0.25, 0.3) is 10.7 Å². The third kappa shape index (κ3) is 2.16. The lowest BCUT2D eigenvalue weighted by molar-refractivity contribution is 0.250. The van der Waals surface area contributed by atoms with E-state index in [1.54, 1.807) is 29.9 Å². The number of rotatable bonds is 2. The molecule has 3 saturated heterocycles. The smallest absolute Gasteiger partial charge is 0.208 e. The van der Waals surface area contributed by atoms with E-state index >= 15 is 0 Å². The van der Waals surface area contributed by atoms with Crippen LogP contribution in [0, 0.1) is 0 Å². The van der Waals surface area contributed by atoms with Crippen molar-refractivity contribution in [1.82, 2.24) is 25.1 Å². The zero-order valence-corrected chi connectivity index (χ0v) is 12.0. The summed E-state index contributed by atoms with van der Waals surface area (Å²) in [5.74, 6) is 0. The van der Waals surface area contributed by atoms with E-state index in [1.807, 2.05) is 0 Å². The monoisotopic (exact) mass is 288 g/mol. The fourth-order valence-corrected chi connectivity index (χ4v) is 3.89. The van der Waals surface area contributed by atoms with Crippen LogP contribution < -0.4 is 4.90 Å². The number of hydrogen-bond acceptors (Lipinski definition) is 7. The first-order valence-electron chi connectivity index (χ1n) is 6.99. The van der Waals surface area contributed by atoms with E-state index in [2.05, 4.69) is 30.0 Å². The molecule has 0 radical (unpaired) electrons. The van der Waals surface area contributed by atoms with Gasteiger partial charge < -0.3 is 9.80 Å². The molecule has 0 N–H and O–H groups in total. The molecular weight excluding hydrogens is 272 g/mol. The predicted molar refractivity (Wildman–Crippen MR) is 77.7 cm³/mol. The molecule has 104 valence electrons. The average molecular weight is 288 g/mol. The van der Waals surface area contributed by atoms with Crippen molar-refractivity contribution in [3.8, 4) is 10.7 Å². The Balaban J connectivity index is 1.61. The Morgan fingerprint density at radius 3 is 2.75 bits per heavy atom. The molecule has 3 aliphatic rings. The highest BCUT2D eigenvalue weighted by molar-refractivity contribution is 7.18. The first kappa shape index (κ1) is 12.2. The van der Waals surface area contributed by atoms with Crippen LogP contribution in [-0.4, -0.2) is 57.3 Å². The topological polar surface area (TPSA) is 58.0 Å². The van der Waals surface area contributed by atoms with Gasteiger partial charge in [-0.25, -0.2) is 0 Å². The maximum absolute atomic E-state index is 4.38. The lowest BCUT2D eigenvalue weighted by Gasteiger charge is -2.30. The number of hydrogen-bond donors (Lipinski definition) is 0. The van der Waals surface area contributed by atoms with Crippen molar-refractivity contribution < 1.29 is 0 Å². The van der Waals surface area contributed by atoms with Gasteiger partial charge in [0.25, 0.3) is 0 Å². The van der Waals surface area contributed by atoms with Crippen molar-refractivity contribution in [1.29, 1.82) is 0 Å². The van der Waals surface area contributed by atoms with Crippen molar-refractivity contribution in [2.75, 3.05) is 31.1 Å². The summed E-state index contributed by atoms with van der Waals surface area (Å²) in [7, 11) is 0. The molecule has 5 rings (SSSR count). The Kier molecular flexibility index (Phi) is 3.08. The van der Waals surface area contributed by atoms with E-state index in [0.29, 0.717) is 6.04 Å². The third-order valence-corrected chi connectivity index (χ3v) is 5.08. The largest absolute Gasteiger partial charge is 0.342 e. The molecule has 3 aliphatic heterocycles. The number of nitrogens with zero attached hydrogens (tertiary/aromatic N) is 6. The normalized spacial score (nSPS) is 25.7. The Labute approximate surface area is 121 Å². The molecule has 2 aromatic heterocycles. The Bertz CT molecular complexity index is 578. The van der Waals surface area contributed by atoms with Crippen molar-refractivity contribution >= 4 is 16.5 Å². The van der Waals surface area contributed by atoms with Gasteiger partial charge in [-0.3, -0.25) is 9.97 Å². The van der Waals surface area contributed by atoms with Gasteiger partial charge in [0.1, 0.15) is 5.69 Å². The van der Waals surface area contributed by atoms with Gasteiger partial charge in [0.15, 0.2) is 5.01 Å². The van der Waals surface area contributed by atoms with Crippen molar-refractivity contribution in [2.45, 2.75) is 18.9 Å². The molecule has 2 aromatic rings. The Morgan fingerprint density at radius 1 is 1.05 bits per heavy atom. The van der Waals surface area contributed by atoms with Crippen molar-refractivity contribution in [3.05, 3.63) is 18.6 Å². The molecule has 20 heavy (non-hydrogen) atoms. The van der Waals surface area contributed by atoms with E-state index in [9.17, 15) is 0 Å². The molecule has 0 atom stereocenters. The molecule has 3 fully saturated rings. The molecule has 2 bridgehead atoms. The van der Waals surface area contributed by atoms with Crippen molar-refractivity contribution in [2.24, 2.45) is 0 Å². The lowest BCUT2D eigenvalue weighted by Crippen LogP contribution is -2.37. The van der Waals surface area contributed by atoms with Gasteiger partial charge in [-0.1, -0.05) is 11.3 Å². The van der Waals surface area contributed by atoms with E-state index in [4.69, 9.17) is 0 Å². The summed E-state index contributed by atoms with van der Waals surface area (Å²) >= 11 is 1.62. The predicted octanol–water partition coefficient (Wildman–Crippen LogP) is 1.28. The van der Waals surface area contributed by atoms with Gasteiger partial charge in [0.2, 0.25) is 5.13 Å². The quantitative estimate of drug-likeness (QED) is 0.829.